The Labute approximate surface area is 141 Å². The summed E-state index contributed by atoms with van der Waals surface area (Å²) in [5.74, 6) is 0. The molecule has 0 fully saturated rings. The molecule has 5 heteroatoms. The number of halogens is 1. The van der Waals surface area contributed by atoms with Gasteiger partial charge in [0.15, 0.2) is 4.77 Å². The number of benzene rings is 1. The highest BCUT2D eigenvalue weighted by Gasteiger charge is 2.12. The molecular formula is C15H15IN2S2. The summed E-state index contributed by atoms with van der Waals surface area (Å²) < 4.78 is 4.26. The summed E-state index contributed by atoms with van der Waals surface area (Å²) in [4.78, 5) is 6.09. The average molecular weight is 414 g/mol. The van der Waals surface area contributed by atoms with Gasteiger partial charge in [0.1, 0.15) is 0 Å². The first-order valence-electron chi connectivity index (χ1n) is 6.49. The Bertz CT molecular complexity index is 813. The fourth-order valence-corrected chi connectivity index (χ4v) is 4.41. The first-order chi connectivity index (χ1) is 9.54. The van der Waals surface area contributed by atoms with E-state index in [4.69, 9.17) is 12.2 Å². The van der Waals surface area contributed by atoms with Crippen molar-refractivity contribution in [1.82, 2.24) is 9.55 Å². The molecule has 0 saturated heterocycles. The summed E-state index contributed by atoms with van der Waals surface area (Å²) in [6.07, 6.45) is 1.02. The van der Waals surface area contributed by atoms with Gasteiger partial charge in [-0.3, -0.25) is 0 Å². The summed E-state index contributed by atoms with van der Waals surface area (Å²) in [5, 5.41) is 0. The Morgan fingerprint density at radius 1 is 1.35 bits per heavy atom. The highest BCUT2D eigenvalue weighted by Crippen LogP contribution is 2.25. The van der Waals surface area contributed by atoms with Crippen molar-refractivity contribution in [1.29, 1.82) is 0 Å². The lowest BCUT2D eigenvalue weighted by atomic mass is 10.2. The van der Waals surface area contributed by atoms with Gasteiger partial charge >= 0.3 is 0 Å². The molecule has 3 rings (SSSR count). The van der Waals surface area contributed by atoms with Crippen molar-refractivity contribution >= 4 is 57.2 Å². The summed E-state index contributed by atoms with van der Waals surface area (Å²) in [6, 6.07) is 11.2. The highest BCUT2D eigenvalue weighted by atomic mass is 127. The van der Waals surface area contributed by atoms with Crippen LogP contribution in [0.15, 0.2) is 30.3 Å². The van der Waals surface area contributed by atoms with Gasteiger partial charge in [-0.1, -0.05) is 0 Å². The maximum atomic E-state index is 5.50. The second kappa shape index (κ2) is 5.61. The number of aromatic amines is 1. The lowest BCUT2D eigenvalue weighted by Gasteiger charge is -2.13. The molecule has 0 amide bonds. The third kappa shape index (κ3) is 2.71. The maximum Gasteiger partial charge on any atom is 0.178 e. The van der Waals surface area contributed by atoms with Crippen LogP contribution in [0.4, 0.5) is 0 Å². The summed E-state index contributed by atoms with van der Waals surface area (Å²) in [5.41, 5.74) is 2.31. The third-order valence-corrected chi connectivity index (χ3v) is 5.40. The number of imidazole rings is 1. The second-order valence-electron chi connectivity index (χ2n) is 5.03. The Balaban J connectivity index is 2.00. The van der Waals surface area contributed by atoms with E-state index < -0.39 is 0 Å². The fraction of sp³-hybridized carbons (Fsp3) is 0.267. The largest absolute Gasteiger partial charge is 0.331 e. The van der Waals surface area contributed by atoms with Gasteiger partial charge in [-0.15, -0.1) is 11.3 Å². The smallest absolute Gasteiger partial charge is 0.178 e. The van der Waals surface area contributed by atoms with E-state index in [0.717, 1.165) is 16.7 Å². The lowest BCUT2D eigenvalue weighted by Crippen LogP contribution is -2.07. The summed E-state index contributed by atoms with van der Waals surface area (Å²) in [6.45, 7) is 4.38. The van der Waals surface area contributed by atoms with Crippen molar-refractivity contribution in [3.05, 3.63) is 48.4 Å². The van der Waals surface area contributed by atoms with Crippen LogP contribution in [0.2, 0.25) is 0 Å². The SMILES string of the molecule is Cc1ccc(CC(C)n2c(=S)[nH]c3cc(I)ccc32)s1. The molecule has 104 valence electrons. The highest BCUT2D eigenvalue weighted by molar-refractivity contribution is 14.1. The molecule has 1 aromatic carbocycles. The number of rotatable bonds is 3. The fourth-order valence-electron chi connectivity index (χ4n) is 2.52. The second-order valence-corrected chi connectivity index (χ2v) is 8.03. The number of aryl methyl sites for hydroxylation is 1. The molecule has 0 aliphatic rings. The van der Waals surface area contributed by atoms with E-state index in [2.05, 4.69) is 76.3 Å². The van der Waals surface area contributed by atoms with E-state index in [1.54, 1.807) is 0 Å². The number of hydrogen-bond acceptors (Lipinski definition) is 2. The molecule has 20 heavy (non-hydrogen) atoms. The van der Waals surface area contributed by atoms with Crippen LogP contribution in [0, 0.1) is 15.3 Å². The zero-order valence-corrected chi connectivity index (χ0v) is 15.1. The van der Waals surface area contributed by atoms with Crippen LogP contribution in [0.3, 0.4) is 0 Å². The predicted molar refractivity (Wildman–Crippen MR) is 97.3 cm³/mol. The number of nitrogens with zero attached hydrogens (tertiary/aromatic N) is 1. The topological polar surface area (TPSA) is 20.7 Å². The molecule has 0 radical (unpaired) electrons. The van der Waals surface area contributed by atoms with Crippen molar-refractivity contribution in [2.24, 2.45) is 0 Å². The Hall–Kier alpha value is -0.660. The Morgan fingerprint density at radius 3 is 2.85 bits per heavy atom. The van der Waals surface area contributed by atoms with E-state index in [1.165, 1.54) is 18.8 Å². The first-order valence-corrected chi connectivity index (χ1v) is 8.80. The molecule has 1 atom stereocenters. The van der Waals surface area contributed by atoms with Crippen LogP contribution in [0.25, 0.3) is 11.0 Å². The molecule has 0 bridgehead atoms. The minimum Gasteiger partial charge on any atom is -0.331 e. The average Bonchev–Trinajstić information content (AvgIpc) is 2.91. The maximum absolute atomic E-state index is 5.50. The van der Waals surface area contributed by atoms with Gasteiger partial charge in [-0.25, -0.2) is 0 Å². The molecule has 0 saturated carbocycles. The molecule has 0 aliphatic heterocycles. The van der Waals surface area contributed by atoms with E-state index in [1.807, 2.05) is 11.3 Å². The summed E-state index contributed by atoms with van der Waals surface area (Å²) in [7, 11) is 0. The van der Waals surface area contributed by atoms with Gasteiger partial charge in [-0.2, -0.15) is 0 Å². The van der Waals surface area contributed by atoms with Crippen molar-refractivity contribution in [2.75, 3.05) is 0 Å². The molecule has 2 heterocycles. The Morgan fingerprint density at radius 2 is 2.15 bits per heavy atom. The normalized spacial score (nSPS) is 12.9. The van der Waals surface area contributed by atoms with Crippen molar-refractivity contribution < 1.29 is 0 Å². The van der Waals surface area contributed by atoms with E-state index >= 15 is 0 Å². The van der Waals surface area contributed by atoms with E-state index in [-0.39, 0.29) is 0 Å². The lowest BCUT2D eigenvalue weighted by molar-refractivity contribution is 0.557. The molecule has 2 aromatic heterocycles. The molecule has 1 unspecified atom stereocenters. The number of thiophene rings is 1. The molecule has 3 aromatic rings. The molecule has 2 nitrogen and oxygen atoms in total. The zero-order chi connectivity index (χ0) is 14.3. The zero-order valence-electron chi connectivity index (χ0n) is 11.3. The van der Waals surface area contributed by atoms with Crippen molar-refractivity contribution in [2.45, 2.75) is 26.3 Å². The van der Waals surface area contributed by atoms with Gasteiger partial charge in [0.2, 0.25) is 0 Å². The number of aromatic nitrogens is 2. The van der Waals surface area contributed by atoms with Gasteiger partial charge in [-0.05, 0) is 79.0 Å². The van der Waals surface area contributed by atoms with Crippen LogP contribution >= 0.6 is 46.1 Å². The third-order valence-electron chi connectivity index (χ3n) is 3.41. The Kier molecular flexibility index (Phi) is 4.01. The predicted octanol–water partition coefficient (Wildman–Crippen LogP) is 5.48. The van der Waals surface area contributed by atoms with Crippen LogP contribution in [0.5, 0.6) is 0 Å². The quantitative estimate of drug-likeness (QED) is 0.445. The van der Waals surface area contributed by atoms with Crippen LogP contribution in [-0.4, -0.2) is 9.55 Å². The van der Waals surface area contributed by atoms with Gasteiger partial charge in [0.05, 0.1) is 11.0 Å². The van der Waals surface area contributed by atoms with Gasteiger partial charge in [0.25, 0.3) is 0 Å². The monoisotopic (exact) mass is 414 g/mol. The van der Waals surface area contributed by atoms with E-state index in [0.29, 0.717) is 6.04 Å². The molecule has 1 N–H and O–H groups in total. The van der Waals surface area contributed by atoms with Gasteiger partial charge in [0, 0.05) is 25.8 Å². The molecular weight excluding hydrogens is 399 g/mol. The van der Waals surface area contributed by atoms with Crippen LogP contribution in [0.1, 0.15) is 22.7 Å². The number of H-pyrrole nitrogens is 1. The standard InChI is InChI=1S/C15H15IN2S2/c1-9(7-12-5-3-10(2)20-12)18-14-6-4-11(16)8-13(14)17-15(18)19/h3-6,8-9H,7H2,1-2H3,(H,17,19). The minimum atomic E-state index is 0.356. The molecule has 0 spiro atoms. The van der Waals surface area contributed by atoms with Crippen molar-refractivity contribution in [3.8, 4) is 0 Å². The van der Waals surface area contributed by atoms with E-state index in [9.17, 15) is 0 Å². The number of hydrogen-bond donors (Lipinski definition) is 1. The van der Waals surface area contributed by atoms with Crippen LogP contribution in [-0.2, 0) is 6.42 Å². The first kappa shape index (κ1) is 14.3. The summed E-state index contributed by atoms with van der Waals surface area (Å²) >= 11 is 9.70. The van der Waals surface area contributed by atoms with Gasteiger partial charge < -0.3 is 9.55 Å². The van der Waals surface area contributed by atoms with Crippen molar-refractivity contribution in [3.63, 3.8) is 0 Å². The molecule has 0 aliphatic carbocycles. The minimum absolute atomic E-state index is 0.356. The number of nitrogens with one attached hydrogen (secondary N) is 1. The number of fused-ring (bicyclic) bond motifs is 1. The van der Waals surface area contributed by atoms with Crippen LogP contribution < -0.4 is 0 Å².